The number of hydrogen-bond acceptors (Lipinski definition) is 5. The molecule has 23 heavy (non-hydrogen) atoms. The topological polar surface area (TPSA) is 99.5 Å². The third kappa shape index (κ3) is 3.46. The number of nitrogens with zero attached hydrogens (tertiary/aromatic N) is 2. The van der Waals surface area contributed by atoms with Crippen LogP contribution in [-0.4, -0.2) is 41.0 Å². The van der Waals surface area contributed by atoms with Crippen molar-refractivity contribution >= 4 is 17.9 Å². The van der Waals surface area contributed by atoms with Crippen molar-refractivity contribution in [1.82, 2.24) is 10.2 Å². The number of carbonyl (C=O) groups excluding carboxylic acids is 3. The fraction of sp³-hybridized carbons (Fsp3) is 0.750. The Labute approximate surface area is 136 Å². The van der Waals surface area contributed by atoms with Gasteiger partial charge in [-0.25, -0.2) is 4.79 Å². The van der Waals surface area contributed by atoms with Crippen molar-refractivity contribution in [3.63, 3.8) is 0 Å². The lowest BCUT2D eigenvalue weighted by Crippen LogP contribution is -2.54. The zero-order valence-corrected chi connectivity index (χ0v) is 14.0. The van der Waals surface area contributed by atoms with Gasteiger partial charge in [-0.2, -0.15) is 5.26 Å². The predicted octanol–water partition coefficient (Wildman–Crippen LogP) is 1.58. The van der Waals surface area contributed by atoms with Crippen LogP contribution in [-0.2, 0) is 14.3 Å². The van der Waals surface area contributed by atoms with E-state index in [1.807, 2.05) is 0 Å². The molecule has 0 unspecified atom stereocenters. The molecule has 1 saturated heterocycles. The molecule has 3 amide bonds. The van der Waals surface area contributed by atoms with Gasteiger partial charge in [0.2, 0.25) is 0 Å². The highest BCUT2D eigenvalue weighted by molar-refractivity contribution is 6.08. The lowest BCUT2D eigenvalue weighted by molar-refractivity contribution is -0.150. The Hall–Kier alpha value is -2.10. The van der Waals surface area contributed by atoms with Gasteiger partial charge in [0.1, 0.15) is 18.2 Å². The predicted molar refractivity (Wildman–Crippen MR) is 80.9 cm³/mol. The van der Waals surface area contributed by atoms with Crippen molar-refractivity contribution in [2.24, 2.45) is 11.3 Å². The number of ether oxygens (including phenoxy) is 1. The maximum Gasteiger partial charge on any atom is 0.327 e. The zero-order valence-electron chi connectivity index (χ0n) is 14.0. The van der Waals surface area contributed by atoms with Crippen LogP contribution in [0.15, 0.2) is 0 Å². The number of hydrogen-bond donors (Lipinski definition) is 1. The van der Waals surface area contributed by atoms with E-state index in [-0.39, 0.29) is 11.3 Å². The fourth-order valence-electron chi connectivity index (χ4n) is 4.04. The smallest absolute Gasteiger partial charge is 0.327 e. The molecule has 3 atom stereocenters. The number of imide groups is 1. The first-order chi connectivity index (χ1) is 10.6. The third-order valence-electron chi connectivity index (χ3n) is 4.40. The highest BCUT2D eigenvalue weighted by atomic mass is 16.5. The Kier molecular flexibility index (Phi) is 4.38. The number of nitrogens with one attached hydrogen (secondary N) is 1. The monoisotopic (exact) mass is 321 g/mol. The first-order valence-corrected chi connectivity index (χ1v) is 7.82. The van der Waals surface area contributed by atoms with E-state index in [0.717, 1.165) is 11.3 Å². The minimum Gasteiger partial charge on any atom is -0.446 e. The lowest BCUT2D eigenvalue weighted by atomic mass is 9.64. The number of amides is 3. The van der Waals surface area contributed by atoms with Crippen LogP contribution < -0.4 is 5.32 Å². The van der Waals surface area contributed by atoms with Gasteiger partial charge in [0, 0.05) is 0 Å². The van der Waals surface area contributed by atoms with Gasteiger partial charge >= 0.3 is 12.0 Å². The standard InChI is InChI=1S/C16H23N3O4/c1-10-5-15(3,4)9-16(6-10)13(21)19(14(22)18-16)8-12(20)23-11(2)7-17/h10-11H,5-6,8-9H2,1-4H3,(H,18,22)/t10-,11-,16-/m0/s1. The lowest BCUT2D eigenvalue weighted by Gasteiger charge is -2.43. The van der Waals surface area contributed by atoms with Gasteiger partial charge in [-0.1, -0.05) is 20.8 Å². The van der Waals surface area contributed by atoms with E-state index in [1.165, 1.54) is 6.92 Å². The summed E-state index contributed by atoms with van der Waals surface area (Å²) in [6, 6.07) is 1.20. The second-order valence-corrected chi connectivity index (χ2v) is 7.52. The summed E-state index contributed by atoms with van der Waals surface area (Å²) in [6.07, 6.45) is 1.20. The summed E-state index contributed by atoms with van der Waals surface area (Å²) in [5.74, 6) is -0.833. The molecule has 126 valence electrons. The van der Waals surface area contributed by atoms with Gasteiger partial charge in [-0.15, -0.1) is 0 Å². The van der Waals surface area contributed by atoms with Crippen LogP contribution in [0.25, 0.3) is 0 Å². The van der Waals surface area contributed by atoms with Gasteiger partial charge in [-0.05, 0) is 37.5 Å². The molecule has 0 aromatic heterocycles. The molecular weight excluding hydrogens is 298 g/mol. The molecule has 2 fully saturated rings. The van der Waals surface area contributed by atoms with E-state index < -0.39 is 30.2 Å². The Morgan fingerprint density at radius 3 is 2.70 bits per heavy atom. The molecule has 1 saturated carbocycles. The van der Waals surface area contributed by atoms with Gasteiger partial charge in [-0.3, -0.25) is 14.5 Å². The van der Waals surface area contributed by atoms with Crippen molar-refractivity contribution in [3.05, 3.63) is 0 Å². The molecule has 2 aliphatic rings. The molecule has 1 spiro atoms. The SMILES string of the molecule is C[C@H]1CC(C)(C)C[C@]2(C1)NC(=O)N(CC(=O)O[C@@H](C)C#N)C2=O. The second kappa shape index (κ2) is 5.84. The normalized spacial score (nSPS) is 30.7. The minimum absolute atomic E-state index is 0.0630. The minimum atomic E-state index is -0.931. The van der Waals surface area contributed by atoms with Crippen LogP contribution in [0.3, 0.4) is 0 Å². The van der Waals surface area contributed by atoms with Gasteiger partial charge in [0.15, 0.2) is 6.10 Å². The van der Waals surface area contributed by atoms with Gasteiger partial charge < -0.3 is 10.1 Å². The molecule has 0 radical (unpaired) electrons. The third-order valence-corrected chi connectivity index (χ3v) is 4.40. The van der Waals surface area contributed by atoms with E-state index in [2.05, 4.69) is 26.1 Å². The van der Waals surface area contributed by atoms with Crippen molar-refractivity contribution in [2.45, 2.75) is 58.6 Å². The average molecular weight is 321 g/mol. The van der Waals surface area contributed by atoms with Crippen LogP contribution in [0.4, 0.5) is 4.79 Å². The van der Waals surface area contributed by atoms with E-state index in [1.54, 1.807) is 6.07 Å². The maximum atomic E-state index is 12.8. The summed E-state index contributed by atoms with van der Waals surface area (Å²) < 4.78 is 4.82. The highest BCUT2D eigenvalue weighted by Crippen LogP contribution is 2.46. The Morgan fingerprint density at radius 1 is 1.48 bits per heavy atom. The van der Waals surface area contributed by atoms with Crippen molar-refractivity contribution in [2.75, 3.05) is 6.54 Å². The van der Waals surface area contributed by atoms with E-state index in [0.29, 0.717) is 18.8 Å². The summed E-state index contributed by atoms with van der Waals surface area (Å²) in [4.78, 5) is 37.7. The fourth-order valence-corrected chi connectivity index (χ4v) is 4.04. The summed E-state index contributed by atoms with van der Waals surface area (Å²) in [6.45, 7) is 7.18. The van der Waals surface area contributed by atoms with Crippen LogP contribution in [0.2, 0.25) is 0 Å². The first kappa shape index (κ1) is 17.3. The maximum absolute atomic E-state index is 12.8. The van der Waals surface area contributed by atoms with E-state index >= 15 is 0 Å². The number of urea groups is 1. The van der Waals surface area contributed by atoms with Gasteiger partial charge in [0.05, 0.1) is 0 Å². The van der Waals surface area contributed by atoms with Gasteiger partial charge in [0.25, 0.3) is 5.91 Å². The van der Waals surface area contributed by atoms with Crippen LogP contribution in [0.5, 0.6) is 0 Å². The Balaban J connectivity index is 2.14. The van der Waals surface area contributed by atoms with Crippen LogP contribution >= 0.6 is 0 Å². The Morgan fingerprint density at radius 2 is 2.13 bits per heavy atom. The van der Waals surface area contributed by atoms with Crippen LogP contribution in [0, 0.1) is 22.7 Å². The summed E-state index contributed by atoms with van der Waals surface area (Å²) in [5, 5.41) is 11.4. The molecule has 0 aromatic carbocycles. The average Bonchev–Trinajstić information content (AvgIpc) is 2.60. The first-order valence-electron chi connectivity index (χ1n) is 7.82. The van der Waals surface area contributed by atoms with Crippen molar-refractivity contribution < 1.29 is 19.1 Å². The molecule has 0 bridgehead atoms. The molecule has 1 aliphatic carbocycles. The number of rotatable bonds is 3. The molecule has 1 N–H and O–H groups in total. The van der Waals surface area contributed by atoms with Crippen molar-refractivity contribution in [1.29, 1.82) is 5.26 Å². The number of nitriles is 1. The molecule has 2 rings (SSSR count). The van der Waals surface area contributed by atoms with E-state index in [9.17, 15) is 14.4 Å². The summed E-state index contributed by atoms with van der Waals surface area (Å²) in [5.41, 5.74) is -0.994. The molecule has 1 aliphatic heterocycles. The highest BCUT2D eigenvalue weighted by Gasteiger charge is 2.56. The van der Waals surface area contributed by atoms with E-state index in [4.69, 9.17) is 10.00 Å². The number of carbonyl (C=O) groups is 3. The largest absolute Gasteiger partial charge is 0.446 e. The zero-order chi connectivity index (χ0) is 17.4. The number of esters is 1. The van der Waals surface area contributed by atoms with Crippen LogP contribution in [0.1, 0.15) is 47.0 Å². The molecule has 7 heteroatoms. The quantitative estimate of drug-likeness (QED) is 0.628. The molecule has 0 aromatic rings. The molecule has 7 nitrogen and oxygen atoms in total. The summed E-state index contributed by atoms with van der Waals surface area (Å²) in [7, 11) is 0. The van der Waals surface area contributed by atoms with Crippen molar-refractivity contribution in [3.8, 4) is 6.07 Å². The Bertz CT molecular complexity index is 580. The molecule has 1 heterocycles. The second-order valence-electron chi connectivity index (χ2n) is 7.52. The molecular formula is C16H23N3O4. The summed E-state index contributed by atoms with van der Waals surface area (Å²) >= 11 is 0.